The van der Waals surface area contributed by atoms with Crippen LogP contribution in [0, 0.1) is 11.3 Å². The molecule has 178 valence electrons. The largest absolute Gasteiger partial charge is 0.486 e. The highest BCUT2D eigenvalue weighted by Gasteiger charge is 2.46. The number of urea groups is 1. The van der Waals surface area contributed by atoms with Gasteiger partial charge >= 0.3 is 6.03 Å². The number of nitrogens with zero attached hydrogens (tertiary/aromatic N) is 5. The molecular formula is C21H23N7O5S. The molecule has 0 spiro atoms. The predicted molar refractivity (Wildman–Crippen MR) is 120 cm³/mol. The lowest BCUT2D eigenvalue weighted by molar-refractivity contribution is -0.122. The van der Waals surface area contributed by atoms with Crippen molar-refractivity contribution < 1.29 is 22.7 Å². The molecule has 1 aromatic heterocycles. The van der Waals surface area contributed by atoms with Gasteiger partial charge in [0.25, 0.3) is 5.91 Å². The van der Waals surface area contributed by atoms with Gasteiger partial charge in [-0.25, -0.2) is 23.2 Å². The van der Waals surface area contributed by atoms with Crippen molar-refractivity contribution >= 4 is 27.9 Å². The number of amides is 3. The molecule has 1 aromatic carbocycles. The van der Waals surface area contributed by atoms with Crippen molar-refractivity contribution in [3.05, 3.63) is 47.8 Å². The van der Waals surface area contributed by atoms with E-state index in [1.807, 2.05) is 11.0 Å². The van der Waals surface area contributed by atoms with Crippen LogP contribution in [0.5, 0.6) is 5.75 Å². The third kappa shape index (κ3) is 5.08. The Hall–Kier alpha value is -3.76. The summed E-state index contributed by atoms with van der Waals surface area (Å²) >= 11 is 0. The third-order valence-electron chi connectivity index (χ3n) is 5.58. The average Bonchev–Trinajstić information content (AvgIpc) is 3.08. The topological polar surface area (TPSA) is 158 Å². The molecule has 2 aliphatic rings. The highest BCUT2D eigenvalue weighted by atomic mass is 32.2. The fourth-order valence-corrected chi connectivity index (χ4v) is 5.58. The summed E-state index contributed by atoms with van der Waals surface area (Å²) in [6.07, 6.45) is 3.09. The van der Waals surface area contributed by atoms with E-state index >= 15 is 0 Å². The minimum absolute atomic E-state index is 0.199. The van der Waals surface area contributed by atoms with Crippen LogP contribution in [0.3, 0.4) is 0 Å². The molecule has 3 heterocycles. The van der Waals surface area contributed by atoms with Gasteiger partial charge in [0.2, 0.25) is 16.0 Å². The van der Waals surface area contributed by atoms with E-state index in [0.29, 0.717) is 30.4 Å². The van der Waals surface area contributed by atoms with Gasteiger partial charge in [0.05, 0.1) is 29.8 Å². The van der Waals surface area contributed by atoms with Gasteiger partial charge in [0, 0.05) is 26.2 Å². The molecule has 2 saturated heterocycles. The van der Waals surface area contributed by atoms with Crippen LogP contribution in [-0.2, 0) is 21.4 Å². The molecule has 3 amide bonds. The van der Waals surface area contributed by atoms with Crippen LogP contribution in [0.15, 0.2) is 36.7 Å². The smallest absolute Gasteiger partial charge is 0.322 e. The average molecular weight is 486 g/mol. The van der Waals surface area contributed by atoms with Gasteiger partial charge in [-0.3, -0.25) is 10.1 Å². The summed E-state index contributed by atoms with van der Waals surface area (Å²) < 4.78 is 32.6. The molecule has 13 heteroatoms. The maximum Gasteiger partial charge on any atom is 0.322 e. The van der Waals surface area contributed by atoms with Crippen LogP contribution < -0.4 is 20.3 Å². The number of piperazine rings is 1. The Balaban J connectivity index is 1.31. The van der Waals surface area contributed by atoms with Crippen molar-refractivity contribution in [1.29, 1.82) is 5.26 Å². The van der Waals surface area contributed by atoms with E-state index in [1.54, 1.807) is 30.6 Å². The molecule has 12 nitrogen and oxygen atoms in total. The van der Waals surface area contributed by atoms with Crippen molar-refractivity contribution in [3.8, 4) is 11.8 Å². The number of aromatic nitrogens is 2. The number of benzene rings is 1. The second-order valence-electron chi connectivity index (χ2n) is 8.20. The number of carbonyl (C=O) groups is 2. The van der Waals surface area contributed by atoms with Gasteiger partial charge in [0.15, 0.2) is 5.75 Å². The van der Waals surface area contributed by atoms with E-state index in [-0.39, 0.29) is 19.7 Å². The zero-order valence-corrected chi connectivity index (χ0v) is 19.2. The first-order chi connectivity index (χ1) is 16.2. The predicted octanol–water partition coefficient (Wildman–Crippen LogP) is -0.0228. The maximum atomic E-state index is 12.8. The highest BCUT2D eigenvalue weighted by molar-refractivity contribution is 7.89. The quantitative estimate of drug-likeness (QED) is 0.514. The molecule has 0 unspecified atom stereocenters. The van der Waals surface area contributed by atoms with E-state index in [0.717, 1.165) is 5.56 Å². The third-order valence-corrected chi connectivity index (χ3v) is 7.67. The number of rotatable bonds is 7. The van der Waals surface area contributed by atoms with Crippen molar-refractivity contribution in [2.24, 2.45) is 0 Å². The Morgan fingerprint density at radius 2 is 1.88 bits per heavy atom. The summed E-state index contributed by atoms with van der Waals surface area (Å²) in [4.78, 5) is 33.9. The molecule has 0 aliphatic carbocycles. The van der Waals surface area contributed by atoms with Gasteiger partial charge < -0.3 is 15.0 Å². The molecule has 2 aliphatic heterocycles. The van der Waals surface area contributed by atoms with Crippen molar-refractivity contribution in [1.82, 2.24) is 24.9 Å². The standard InChI is InChI=1S/C21H23N7O5S/c1-21(18(29)25-20(30)26-21)14-34(31,32)28-7-5-27(6-8-28)19-23-11-17(12-24-19)33-13-16-4-2-3-15(9-16)10-22/h2-4,9,11-12H,5-8,13-14H2,1H3,(H2,25,26,29,30)/t21-/m1/s1. The summed E-state index contributed by atoms with van der Waals surface area (Å²) in [5.41, 5.74) is -0.0924. The van der Waals surface area contributed by atoms with Crippen LogP contribution in [0.2, 0.25) is 0 Å². The number of carbonyl (C=O) groups excluding carboxylic acids is 2. The number of nitrogens with one attached hydrogen (secondary N) is 2. The zero-order chi connectivity index (χ0) is 24.3. The lowest BCUT2D eigenvalue weighted by Crippen LogP contribution is -2.56. The van der Waals surface area contributed by atoms with Gasteiger partial charge in [-0.05, 0) is 24.6 Å². The molecule has 1 atom stereocenters. The highest BCUT2D eigenvalue weighted by Crippen LogP contribution is 2.20. The van der Waals surface area contributed by atoms with E-state index in [4.69, 9.17) is 10.00 Å². The van der Waals surface area contributed by atoms with Crippen LogP contribution in [0.4, 0.5) is 10.7 Å². The molecule has 2 aromatic rings. The fourth-order valence-electron chi connectivity index (χ4n) is 3.75. The van der Waals surface area contributed by atoms with Crippen LogP contribution >= 0.6 is 0 Å². The van der Waals surface area contributed by atoms with Crippen LogP contribution in [-0.4, -0.2) is 72.1 Å². The summed E-state index contributed by atoms with van der Waals surface area (Å²) in [7, 11) is -3.78. The SMILES string of the molecule is C[C@]1(CS(=O)(=O)N2CCN(c3ncc(OCc4cccc(C#N)c4)cn3)CC2)NC(=O)NC1=O. The van der Waals surface area contributed by atoms with Crippen molar-refractivity contribution in [2.45, 2.75) is 19.1 Å². The maximum absolute atomic E-state index is 12.8. The Morgan fingerprint density at radius 3 is 2.50 bits per heavy atom. The van der Waals surface area contributed by atoms with E-state index in [9.17, 15) is 18.0 Å². The molecule has 0 radical (unpaired) electrons. The summed E-state index contributed by atoms with van der Waals surface area (Å²) in [6, 6.07) is 8.49. The molecule has 0 bridgehead atoms. The summed E-state index contributed by atoms with van der Waals surface area (Å²) in [5.74, 6) is -0.256. The molecule has 2 fully saturated rings. The van der Waals surface area contributed by atoms with Gasteiger partial charge in [-0.15, -0.1) is 0 Å². The Kier molecular flexibility index (Phi) is 6.36. The Bertz CT molecular complexity index is 1240. The first kappa shape index (κ1) is 23.4. The number of sulfonamides is 1. The first-order valence-corrected chi connectivity index (χ1v) is 12.1. The fraction of sp³-hybridized carbons (Fsp3) is 0.381. The zero-order valence-electron chi connectivity index (χ0n) is 18.4. The van der Waals surface area contributed by atoms with Crippen molar-refractivity contribution in [3.63, 3.8) is 0 Å². The number of hydrogen-bond acceptors (Lipinski definition) is 9. The second-order valence-corrected chi connectivity index (χ2v) is 10.2. The van der Waals surface area contributed by atoms with E-state index in [1.165, 1.54) is 11.2 Å². The number of ether oxygens (including phenoxy) is 1. The van der Waals surface area contributed by atoms with Gasteiger partial charge in [-0.1, -0.05) is 12.1 Å². The number of nitriles is 1. The minimum Gasteiger partial charge on any atom is -0.486 e. The number of imide groups is 1. The van der Waals surface area contributed by atoms with E-state index < -0.39 is 33.3 Å². The van der Waals surface area contributed by atoms with Crippen LogP contribution in [0.25, 0.3) is 0 Å². The first-order valence-electron chi connectivity index (χ1n) is 10.5. The monoisotopic (exact) mass is 485 g/mol. The molecule has 34 heavy (non-hydrogen) atoms. The van der Waals surface area contributed by atoms with Gasteiger partial charge in [0.1, 0.15) is 12.1 Å². The number of anilines is 1. The lowest BCUT2D eigenvalue weighted by atomic mass is 10.1. The minimum atomic E-state index is -3.78. The van der Waals surface area contributed by atoms with Crippen molar-refractivity contribution in [2.75, 3.05) is 36.8 Å². The molecule has 2 N–H and O–H groups in total. The summed E-state index contributed by atoms with van der Waals surface area (Å²) in [5, 5.41) is 13.4. The normalized spacial score (nSPS) is 21.0. The Labute approximate surface area is 196 Å². The summed E-state index contributed by atoms with van der Waals surface area (Å²) in [6.45, 7) is 2.80. The lowest BCUT2D eigenvalue weighted by Gasteiger charge is -2.35. The van der Waals surface area contributed by atoms with E-state index in [2.05, 4.69) is 26.7 Å². The van der Waals surface area contributed by atoms with Crippen LogP contribution in [0.1, 0.15) is 18.1 Å². The second kappa shape index (κ2) is 9.24. The molecular weight excluding hydrogens is 462 g/mol. The molecule has 4 rings (SSSR count). The number of hydrogen-bond donors (Lipinski definition) is 2. The van der Waals surface area contributed by atoms with Gasteiger partial charge in [-0.2, -0.15) is 9.57 Å². The molecule has 0 saturated carbocycles. The Morgan fingerprint density at radius 1 is 1.18 bits per heavy atom.